The first-order chi connectivity index (χ1) is 16.3. The minimum absolute atomic E-state index is 0. The topological polar surface area (TPSA) is 0 Å². The Morgan fingerprint density at radius 3 is 2.06 bits per heavy atom. The van der Waals surface area contributed by atoms with Crippen molar-refractivity contribution in [2.24, 2.45) is 5.92 Å². The van der Waals surface area contributed by atoms with Crippen molar-refractivity contribution in [3.8, 4) is 11.1 Å². The van der Waals surface area contributed by atoms with Crippen LogP contribution >= 0.6 is 11.3 Å². The number of benzene rings is 3. The van der Waals surface area contributed by atoms with Gasteiger partial charge in [-0.25, -0.2) is 0 Å². The van der Waals surface area contributed by atoms with E-state index in [9.17, 15) is 0 Å². The zero-order chi connectivity index (χ0) is 22.2. The van der Waals surface area contributed by atoms with Gasteiger partial charge in [0, 0.05) is 0 Å². The zero-order valence-corrected chi connectivity index (χ0v) is 24.3. The second-order valence-corrected chi connectivity index (χ2v) is 15.7. The fraction of sp³-hybridized carbons (Fsp3) is 0.129. The van der Waals surface area contributed by atoms with E-state index in [1.165, 1.54) is 27.8 Å². The molecule has 4 aromatic rings. The molecule has 0 nitrogen and oxygen atoms in total. The van der Waals surface area contributed by atoms with E-state index in [2.05, 4.69) is 118 Å². The van der Waals surface area contributed by atoms with Gasteiger partial charge in [0.2, 0.25) is 0 Å². The first-order valence-electron chi connectivity index (χ1n) is 11.7. The molecule has 3 aromatic carbocycles. The van der Waals surface area contributed by atoms with Crippen molar-refractivity contribution < 1.29 is 46.1 Å². The van der Waals surface area contributed by atoms with Gasteiger partial charge in [0.05, 0.1) is 0 Å². The molecule has 35 heavy (non-hydrogen) atoms. The zero-order valence-electron chi connectivity index (χ0n) is 19.5. The normalized spacial score (nSPS) is 16.0. The van der Waals surface area contributed by atoms with Crippen molar-refractivity contribution in [3.05, 3.63) is 133 Å². The van der Waals surface area contributed by atoms with Gasteiger partial charge in [-0.2, -0.15) is 0 Å². The van der Waals surface area contributed by atoms with Crippen molar-refractivity contribution >= 4 is 20.6 Å². The van der Waals surface area contributed by atoms with Crippen molar-refractivity contribution in [1.82, 2.24) is 0 Å². The molecule has 0 saturated heterocycles. The molecule has 0 saturated carbocycles. The SMILES string of the molecule is CC1C=CC(c2ccsc2)=[C]1/[Zr+2](=[CH]/Cc1ccccc1)[CH]1c2ccccc2-c2ccccc21.[Cl-].[Cl-]. The molecular formula is C31H26Cl2SZr. The Bertz CT molecular complexity index is 1360. The van der Waals surface area contributed by atoms with Crippen LogP contribution in [0.4, 0.5) is 0 Å². The van der Waals surface area contributed by atoms with Crippen LogP contribution in [-0.4, -0.2) is 3.71 Å². The summed E-state index contributed by atoms with van der Waals surface area (Å²) in [5.74, 6) is 0.515. The van der Waals surface area contributed by atoms with E-state index in [4.69, 9.17) is 0 Å². The average molecular weight is 593 g/mol. The maximum absolute atomic E-state index is 2.78. The van der Waals surface area contributed by atoms with E-state index in [1.807, 2.05) is 0 Å². The third kappa shape index (κ3) is 4.92. The van der Waals surface area contributed by atoms with Crippen molar-refractivity contribution in [1.29, 1.82) is 0 Å². The predicted octanol–water partition coefficient (Wildman–Crippen LogP) is 2.11. The number of hydrogen-bond acceptors (Lipinski definition) is 1. The number of hydrogen-bond donors (Lipinski definition) is 0. The maximum Gasteiger partial charge on any atom is -1.00 e. The maximum atomic E-state index is 2.78. The van der Waals surface area contributed by atoms with Gasteiger partial charge in [0.15, 0.2) is 0 Å². The molecule has 6 rings (SSSR count). The number of fused-ring (bicyclic) bond motifs is 3. The molecule has 2 aliphatic rings. The van der Waals surface area contributed by atoms with E-state index >= 15 is 0 Å². The molecule has 1 aromatic heterocycles. The summed E-state index contributed by atoms with van der Waals surface area (Å²) in [7, 11) is 0. The van der Waals surface area contributed by atoms with Gasteiger partial charge in [0.25, 0.3) is 0 Å². The summed E-state index contributed by atoms with van der Waals surface area (Å²) in [5, 5.41) is 4.54. The molecule has 1 unspecified atom stereocenters. The molecule has 174 valence electrons. The molecule has 0 radical (unpaired) electrons. The summed E-state index contributed by atoms with van der Waals surface area (Å²) in [5.41, 5.74) is 10.3. The average Bonchev–Trinajstić information content (AvgIpc) is 3.59. The Kier molecular flexibility index (Phi) is 8.61. The minimum atomic E-state index is -2.33. The summed E-state index contributed by atoms with van der Waals surface area (Å²) in [6.07, 6.45) is 5.90. The van der Waals surface area contributed by atoms with Crippen LogP contribution in [0.25, 0.3) is 16.7 Å². The Morgan fingerprint density at radius 1 is 0.800 bits per heavy atom. The molecule has 0 fully saturated rings. The molecule has 0 aliphatic heterocycles. The molecule has 0 N–H and O–H groups in total. The minimum Gasteiger partial charge on any atom is -1.00 e. The number of halogens is 2. The third-order valence-electron chi connectivity index (χ3n) is 6.99. The largest absolute Gasteiger partial charge is 1.00 e. The number of rotatable bonds is 5. The van der Waals surface area contributed by atoms with Crippen LogP contribution in [0.1, 0.15) is 32.8 Å². The van der Waals surface area contributed by atoms with Crippen LogP contribution in [0.3, 0.4) is 0 Å². The van der Waals surface area contributed by atoms with E-state index in [0.29, 0.717) is 9.54 Å². The number of thiophene rings is 1. The smallest absolute Gasteiger partial charge is 1.00 e. The summed E-state index contributed by atoms with van der Waals surface area (Å²) >= 11 is -0.522. The Balaban J connectivity index is 0.00000144. The quantitative estimate of drug-likeness (QED) is 0.333. The summed E-state index contributed by atoms with van der Waals surface area (Å²) in [6.45, 7) is 2.41. The Morgan fingerprint density at radius 2 is 1.43 bits per heavy atom. The van der Waals surface area contributed by atoms with Gasteiger partial charge in [-0.3, -0.25) is 0 Å². The fourth-order valence-corrected chi connectivity index (χ4v) is 14.9. The van der Waals surface area contributed by atoms with Crippen LogP contribution in [-0.2, 0) is 27.7 Å². The first kappa shape index (κ1) is 26.2. The number of allylic oxidation sites excluding steroid dienone is 4. The van der Waals surface area contributed by atoms with Crippen molar-refractivity contribution in [2.45, 2.75) is 17.0 Å². The van der Waals surface area contributed by atoms with Crippen LogP contribution in [0.5, 0.6) is 0 Å². The van der Waals surface area contributed by atoms with E-state index in [-0.39, 0.29) is 24.8 Å². The predicted molar refractivity (Wildman–Crippen MR) is 139 cm³/mol. The summed E-state index contributed by atoms with van der Waals surface area (Å²) < 4.78 is 5.07. The van der Waals surface area contributed by atoms with Crippen LogP contribution in [0.2, 0.25) is 0 Å². The van der Waals surface area contributed by atoms with Gasteiger partial charge < -0.3 is 24.8 Å². The molecule has 4 heteroatoms. The van der Waals surface area contributed by atoms with Gasteiger partial charge in [-0.05, 0) is 0 Å². The third-order valence-corrected chi connectivity index (χ3v) is 15.6. The molecule has 0 spiro atoms. The Hall–Kier alpha value is -1.83. The van der Waals surface area contributed by atoms with E-state index < -0.39 is 21.3 Å². The van der Waals surface area contributed by atoms with Crippen molar-refractivity contribution in [3.63, 3.8) is 0 Å². The van der Waals surface area contributed by atoms with Crippen molar-refractivity contribution in [2.75, 3.05) is 0 Å². The molecule has 1 heterocycles. The molecule has 0 amide bonds. The van der Waals surface area contributed by atoms with Gasteiger partial charge in [0.1, 0.15) is 0 Å². The summed E-state index contributed by atoms with van der Waals surface area (Å²) in [4.78, 5) is 0. The van der Waals surface area contributed by atoms with Crippen LogP contribution < -0.4 is 24.8 Å². The van der Waals surface area contributed by atoms with Crippen LogP contribution in [0, 0.1) is 5.92 Å². The fourth-order valence-electron chi connectivity index (χ4n) is 5.48. The second-order valence-electron chi connectivity index (χ2n) is 8.94. The Labute approximate surface area is 232 Å². The van der Waals surface area contributed by atoms with Gasteiger partial charge in [-0.15, -0.1) is 0 Å². The van der Waals surface area contributed by atoms with Crippen LogP contribution in [0.15, 0.2) is 111 Å². The molecular weight excluding hydrogens is 567 g/mol. The monoisotopic (exact) mass is 590 g/mol. The van der Waals surface area contributed by atoms with E-state index in [0.717, 1.165) is 6.42 Å². The van der Waals surface area contributed by atoms with E-state index in [1.54, 1.807) is 25.7 Å². The second kappa shape index (κ2) is 11.5. The first-order valence-corrected chi connectivity index (χ1v) is 16.7. The summed E-state index contributed by atoms with van der Waals surface area (Å²) in [6, 6.07) is 31.6. The molecule has 2 aliphatic carbocycles. The molecule has 1 atom stereocenters. The molecule has 0 bridgehead atoms. The van der Waals surface area contributed by atoms with Gasteiger partial charge >= 0.3 is 209 Å². The standard InChI is InChI=1S/C13H9.C10H9S.C8H8.2ClH.Zr/c1-3-7-12-10(5-1)9-11-6-2-4-8-13(11)12;1-8-2-3-9(6-8)10-4-5-11-7-10;1-2-8-6-4-3-5-7-8;;;/h1-9H;2-5,7-8H,1H3;1,3-7H,2H2;2*1H;/q;;;;;+2/p-2. The van der Waals surface area contributed by atoms with Gasteiger partial charge in [-0.1, -0.05) is 0 Å².